The summed E-state index contributed by atoms with van der Waals surface area (Å²) in [6.45, 7) is 7.59. The van der Waals surface area contributed by atoms with Gasteiger partial charge in [0, 0.05) is 43.5 Å². The number of morpholine rings is 1. The molecule has 37 heavy (non-hydrogen) atoms. The smallest absolute Gasteiger partial charge is 0.379 e. The van der Waals surface area contributed by atoms with Crippen molar-refractivity contribution in [2.24, 2.45) is 5.92 Å². The average Bonchev–Trinajstić information content (AvgIpc) is 2.89. The van der Waals surface area contributed by atoms with Gasteiger partial charge in [0.15, 0.2) is 0 Å². The minimum atomic E-state index is -4.44. The lowest BCUT2D eigenvalue weighted by molar-refractivity contribution is -0.137. The summed E-state index contributed by atoms with van der Waals surface area (Å²) in [5, 5.41) is 0. The van der Waals surface area contributed by atoms with Gasteiger partial charge in [-0.3, -0.25) is 14.5 Å². The Balaban J connectivity index is 1.50. The summed E-state index contributed by atoms with van der Waals surface area (Å²) in [4.78, 5) is 32.9. The molecule has 200 valence electrons. The van der Waals surface area contributed by atoms with Crippen molar-refractivity contribution in [2.75, 3.05) is 44.3 Å². The fourth-order valence-electron chi connectivity index (χ4n) is 5.28. The van der Waals surface area contributed by atoms with Gasteiger partial charge in [-0.25, -0.2) is 0 Å². The molecule has 1 unspecified atom stereocenters. The van der Waals surface area contributed by atoms with Gasteiger partial charge in [0.05, 0.1) is 24.8 Å². The monoisotopic (exact) mass is 517 g/mol. The molecule has 2 saturated heterocycles. The molecule has 0 saturated carbocycles. The first-order valence-corrected chi connectivity index (χ1v) is 12.8. The van der Waals surface area contributed by atoms with Crippen LogP contribution in [0.2, 0.25) is 0 Å². The van der Waals surface area contributed by atoms with E-state index >= 15 is 0 Å². The van der Waals surface area contributed by atoms with Gasteiger partial charge in [0.25, 0.3) is 5.91 Å². The number of hydrogen-bond donors (Lipinski definition) is 0. The fourth-order valence-corrected chi connectivity index (χ4v) is 5.28. The Morgan fingerprint density at radius 2 is 1.51 bits per heavy atom. The Bertz CT molecular complexity index is 1050. The van der Waals surface area contributed by atoms with Gasteiger partial charge < -0.3 is 14.5 Å². The second kappa shape index (κ2) is 11.6. The van der Waals surface area contributed by atoms with Crippen molar-refractivity contribution < 1.29 is 27.5 Å². The van der Waals surface area contributed by atoms with Crippen LogP contribution in [0.1, 0.15) is 42.6 Å². The number of ether oxygens (including phenoxy) is 1. The predicted molar refractivity (Wildman–Crippen MR) is 135 cm³/mol. The number of amides is 2. The minimum Gasteiger partial charge on any atom is -0.379 e. The highest BCUT2D eigenvalue weighted by Crippen LogP contribution is 2.30. The highest BCUT2D eigenvalue weighted by Gasteiger charge is 2.38. The van der Waals surface area contributed by atoms with E-state index in [0.717, 1.165) is 17.8 Å². The summed E-state index contributed by atoms with van der Waals surface area (Å²) in [6.07, 6.45) is -3.27. The molecule has 0 aromatic heterocycles. The zero-order chi connectivity index (χ0) is 26.6. The van der Waals surface area contributed by atoms with Gasteiger partial charge in [0.1, 0.15) is 0 Å². The summed E-state index contributed by atoms with van der Waals surface area (Å²) in [5.74, 6) is -0.132. The van der Waals surface area contributed by atoms with E-state index in [1.807, 2.05) is 35.2 Å². The summed E-state index contributed by atoms with van der Waals surface area (Å²) < 4.78 is 44.2. The van der Waals surface area contributed by atoms with E-state index in [1.54, 1.807) is 4.90 Å². The van der Waals surface area contributed by atoms with Crippen LogP contribution in [-0.4, -0.2) is 73.1 Å². The molecule has 0 bridgehead atoms. The number of rotatable bonds is 6. The Morgan fingerprint density at radius 1 is 0.919 bits per heavy atom. The Hall–Kier alpha value is -2.91. The fraction of sp³-hybridized carbons (Fsp3) is 0.500. The number of para-hydroxylation sites is 1. The molecule has 4 rings (SSSR count). The van der Waals surface area contributed by atoms with E-state index in [-0.39, 0.29) is 35.4 Å². The van der Waals surface area contributed by atoms with Gasteiger partial charge in [-0.2, -0.15) is 13.2 Å². The van der Waals surface area contributed by atoms with E-state index in [9.17, 15) is 22.8 Å². The first-order chi connectivity index (χ1) is 17.7. The van der Waals surface area contributed by atoms with Crippen LogP contribution in [0.5, 0.6) is 0 Å². The van der Waals surface area contributed by atoms with Gasteiger partial charge in [-0.05, 0) is 55.2 Å². The first kappa shape index (κ1) is 27.1. The van der Waals surface area contributed by atoms with E-state index < -0.39 is 11.7 Å². The molecule has 0 spiro atoms. The van der Waals surface area contributed by atoms with E-state index in [4.69, 9.17) is 4.74 Å². The van der Waals surface area contributed by atoms with Crippen molar-refractivity contribution in [3.05, 3.63) is 65.7 Å². The zero-order valence-electron chi connectivity index (χ0n) is 21.3. The third-order valence-electron chi connectivity index (χ3n) is 7.17. The second-order valence-electron chi connectivity index (χ2n) is 9.98. The number of carbonyl (C=O) groups excluding carboxylic acids is 2. The number of piperidine rings is 1. The molecule has 2 aromatic carbocycles. The number of carbonyl (C=O) groups is 2. The van der Waals surface area contributed by atoms with Crippen molar-refractivity contribution >= 4 is 17.5 Å². The van der Waals surface area contributed by atoms with Gasteiger partial charge in [0.2, 0.25) is 5.91 Å². The quantitative estimate of drug-likeness (QED) is 0.558. The van der Waals surface area contributed by atoms with Gasteiger partial charge in [-0.1, -0.05) is 32.0 Å². The van der Waals surface area contributed by atoms with E-state index in [0.29, 0.717) is 52.2 Å². The van der Waals surface area contributed by atoms with Crippen molar-refractivity contribution in [3.8, 4) is 0 Å². The van der Waals surface area contributed by atoms with Crippen LogP contribution in [-0.2, 0) is 15.7 Å². The molecule has 0 aliphatic carbocycles. The molecule has 2 aliphatic heterocycles. The average molecular weight is 518 g/mol. The number of nitrogens with zero attached hydrogens (tertiary/aromatic N) is 3. The van der Waals surface area contributed by atoms with Crippen LogP contribution in [0.4, 0.5) is 18.9 Å². The number of hydrogen-bond acceptors (Lipinski definition) is 4. The lowest BCUT2D eigenvalue weighted by Gasteiger charge is -2.43. The predicted octanol–water partition coefficient (Wildman–Crippen LogP) is 4.70. The van der Waals surface area contributed by atoms with Crippen LogP contribution in [0.3, 0.4) is 0 Å². The normalized spacial score (nSPS) is 18.6. The molecule has 2 fully saturated rings. The van der Waals surface area contributed by atoms with Gasteiger partial charge in [-0.15, -0.1) is 0 Å². The summed E-state index contributed by atoms with van der Waals surface area (Å²) in [7, 11) is 0. The van der Waals surface area contributed by atoms with Crippen LogP contribution in [0.25, 0.3) is 0 Å². The molecule has 0 radical (unpaired) electrons. The Kier molecular flexibility index (Phi) is 8.54. The molecular formula is C28H34F3N3O3. The molecule has 0 N–H and O–H groups in total. The largest absolute Gasteiger partial charge is 0.416 e. The number of halogens is 3. The summed E-state index contributed by atoms with van der Waals surface area (Å²) in [5.41, 5.74) is 0.285. The summed E-state index contributed by atoms with van der Waals surface area (Å²) in [6, 6.07) is 13.6. The maximum Gasteiger partial charge on any atom is 0.416 e. The SMILES string of the molecule is CC(C)C(C(=O)N(c1ccccc1)C1CCN(C(=O)c2ccc(C(F)(F)F)cc2)CC1)N1CCOCC1. The molecule has 2 aliphatic rings. The standard InChI is InChI=1S/C28H34F3N3O3/c1-20(2)25(32-16-18-37-19-17-32)27(36)34(23-6-4-3-5-7-23)24-12-14-33(15-13-24)26(35)21-8-10-22(11-9-21)28(29,30)31/h3-11,20,24-25H,12-19H2,1-2H3. The third-order valence-corrected chi connectivity index (χ3v) is 7.17. The Morgan fingerprint density at radius 3 is 2.05 bits per heavy atom. The zero-order valence-corrected chi connectivity index (χ0v) is 21.3. The summed E-state index contributed by atoms with van der Waals surface area (Å²) >= 11 is 0. The van der Waals surface area contributed by atoms with Crippen molar-refractivity contribution in [1.29, 1.82) is 0 Å². The maximum absolute atomic E-state index is 14.1. The maximum atomic E-state index is 14.1. The number of likely N-dealkylation sites (tertiary alicyclic amines) is 1. The number of benzene rings is 2. The van der Waals surface area contributed by atoms with Gasteiger partial charge >= 0.3 is 6.18 Å². The molecule has 9 heteroatoms. The molecule has 6 nitrogen and oxygen atoms in total. The lowest BCUT2D eigenvalue weighted by Crippen LogP contribution is -2.58. The third kappa shape index (κ3) is 6.33. The van der Waals surface area contributed by atoms with Crippen molar-refractivity contribution in [2.45, 2.75) is 44.9 Å². The van der Waals surface area contributed by atoms with E-state index in [2.05, 4.69) is 18.7 Å². The van der Waals surface area contributed by atoms with Crippen molar-refractivity contribution in [1.82, 2.24) is 9.80 Å². The van der Waals surface area contributed by atoms with Crippen LogP contribution < -0.4 is 4.90 Å². The topological polar surface area (TPSA) is 53.1 Å². The molecule has 2 heterocycles. The molecular weight excluding hydrogens is 483 g/mol. The van der Waals surface area contributed by atoms with Crippen molar-refractivity contribution in [3.63, 3.8) is 0 Å². The second-order valence-corrected chi connectivity index (χ2v) is 9.98. The van der Waals surface area contributed by atoms with Crippen LogP contribution in [0, 0.1) is 5.92 Å². The highest BCUT2D eigenvalue weighted by atomic mass is 19.4. The minimum absolute atomic E-state index is 0.0515. The lowest BCUT2D eigenvalue weighted by atomic mass is 9.96. The number of anilines is 1. The van der Waals surface area contributed by atoms with E-state index in [1.165, 1.54) is 12.1 Å². The first-order valence-electron chi connectivity index (χ1n) is 12.8. The van der Waals surface area contributed by atoms with Crippen LogP contribution >= 0.6 is 0 Å². The van der Waals surface area contributed by atoms with Crippen LogP contribution in [0.15, 0.2) is 54.6 Å². The molecule has 2 amide bonds. The number of alkyl halides is 3. The molecule has 1 atom stereocenters. The highest BCUT2D eigenvalue weighted by molar-refractivity contribution is 5.98. The molecule has 2 aromatic rings. The Labute approximate surface area is 216 Å².